The highest BCUT2D eigenvalue weighted by Crippen LogP contribution is 2.20. The van der Waals surface area contributed by atoms with Gasteiger partial charge in [0.15, 0.2) is 6.10 Å². The number of nitrogens with one attached hydrogen (secondary N) is 2. The molecule has 3 amide bonds. The van der Waals surface area contributed by atoms with Crippen molar-refractivity contribution in [3.63, 3.8) is 0 Å². The van der Waals surface area contributed by atoms with Crippen molar-refractivity contribution >= 4 is 41.1 Å². The van der Waals surface area contributed by atoms with E-state index in [0.29, 0.717) is 0 Å². The van der Waals surface area contributed by atoms with Gasteiger partial charge in [0.05, 0.1) is 10.6 Å². The largest absolute Gasteiger partial charge is 0.449 e. The minimum Gasteiger partial charge on any atom is -0.449 e. The third-order valence-electron chi connectivity index (χ3n) is 3.86. The van der Waals surface area contributed by atoms with Crippen LogP contribution in [0.2, 0.25) is 10.2 Å². The fourth-order valence-corrected chi connectivity index (χ4v) is 2.77. The number of halogens is 2. The van der Waals surface area contributed by atoms with Crippen molar-refractivity contribution in [2.24, 2.45) is 0 Å². The molecule has 2 N–H and O–H groups in total. The average molecular weight is 388 g/mol. The summed E-state index contributed by atoms with van der Waals surface area (Å²) < 4.78 is 5.01. The second kappa shape index (κ2) is 9.01. The molecule has 0 bridgehead atoms. The number of pyridine rings is 1. The Labute approximate surface area is 155 Å². The molecule has 2 rings (SSSR count). The van der Waals surface area contributed by atoms with Crippen molar-refractivity contribution in [2.45, 2.75) is 51.2 Å². The number of carbonyl (C=O) groups is 3. The molecule has 1 aliphatic rings. The molecule has 0 radical (unpaired) electrons. The number of rotatable bonds is 4. The van der Waals surface area contributed by atoms with Crippen LogP contribution < -0.4 is 10.6 Å². The van der Waals surface area contributed by atoms with E-state index < -0.39 is 24.0 Å². The molecule has 1 atom stereocenters. The van der Waals surface area contributed by atoms with Gasteiger partial charge in [0.2, 0.25) is 0 Å². The minimum absolute atomic E-state index is 0.0562. The van der Waals surface area contributed by atoms with Crippen molar-refractivity contribution < 1.29 is 19.1 Å². The molecule has 1 fully saturated rings. The summed E-state index contributed by atoms with van der Waals surface area (Å²) in [5.41, 5.74) is 0.0562. The lowest BCUT2D eigenvalue weighted by atomic mass is 9.96. The summed E-state index contributed by atoms with van der Waals surface area (Å²) in [6.07, 6.45) is 5.12. The highest BCUT2D eigenvalue weighted by atomic mass is 35.5. The van der Waals surface area contributed by atoms with Crippen LogP contribution >= 0.6 is 23.2 Å². The summed E-state index contributed by atoms with van der Waals surface area (Å²) >= 11 is 11.5. The van der Waals surface area contributed by atoms with E-state index in [1.165, 1.54) is 19.2 Å². The van der Waals surface area contributed by atoms with E-state index in [2.05, 4.69) is 15.6 Å². The Hall–Kier alpha value is -1.86. The quantitative estimate of drug-likeness (QED) is 0.610. The number of hydrogen-bond donors (Lipinski definition) is 2. The lowest BCUT2D eigenvalue weighted by Gasteiger charge is -2.23. The van der Waals surface area contributed by atoms with Crippen LogP contribution in [0.15, 0.2) is 12.3 Å². The molecule has 1 heterocycles. The summed E-state index contributed by atoms with van der Waals surface area (Å²) in [6, 6.07) is 0.775. The van der Waals surface area contributed by atoms with Crippen molar-refractivity contribution in [1.29, 1.82) is 0 Å². The zero-order chi connectivity index (χ0) is 18.4. The molecule has 9 heteroatoms. The summed E-state index contributed by atoms with van der Waals surface area (Å²) in [6.45, 7) is 1.37. The zero-order valence-electron chi connectivity index (χ0n) is 13.7. The number of ether oxygens (including phenoxy) is 1. The van der Waals surface area contributed by atoms with Gasteiger partial charge in [-0.15, -0.1) is 0 Å². The first kappa shape index (κ1) is 19.5. The predicted octanol–water partition coefficient (Wildman–Crippen LogP) is 3.09. The lowest BCUT2D eigenvalue weighted by molar-refractivity contribution is -0.127. The van der Waals surface area contributed by atoms with Gasteiger partial charge in [-0.1, -0.05) is 42.5 Å². The van der Waals surface area contributed by atoms with Crippen molar-refractivity contribution in [3.05, 3.63) is 28.0 Å². The third-order valence-corrected chi connectivity index (χ3v) is 4.55. The summed E-state index contributed by atoms with van der Waals surface area (Å²) in [7, 11) is 0. The lowest BCUT2D eigenvalue weighted by Crippen LogP contribution is -2.48. The van der Waals surface area contributed by atoms with Gasteiger partial charge < -0.3 is 10.1 Å². The number of nitrogens with zero attached hydrogens (tertiary/aromatic N) is 1. The fourth-order valence-electron chi connectivity index (χ4n) is 2.50. The van der Waals surface area contributed by atoms with Crippen LogP contribution in [0.4, 0.5) is 4.79 Å². The van der Waals surface area contributed by atoms with Crippen LogP contribution in [0, 0.1) is 0 Å². The number of imide groups is 1. The predicted molar refractivity (Wildman–Crippen MR) is 92.7 cm³/mol. The van der Waals surface area contributed by atoms with Crippen LogP contribution in [0.25, 0.3) is 0 Å². The van der Waals surface area contributed by atoms with Crippen LogP contribution in [0.5, 0.6) is 0 Å². The molecule has 1 aliphatic carbocycles. The van der Waals surface area contributed by atoms with E-state index in [1.54, 1.807) is 0 Å². The van der Waals surface area contributed by atoms with Gasteiger partial charge in [-0.05, 0) is 25.8 Å². The van der Waals surface area contributed by atoms with Crippen molar-refractivity contribution in [2.75, 3.05) is 0 Å². The first-order valence-electron chi connectivity index (χ1n) is 8.00. The Bertz CT molecular complexity index is 663. The molecule has 0 spiro atoms. The smallest absolute Gasteiger partial charge is 0.340 e. The van der Waals surface area contributed by atoms with Crippen LogP contribution in [-0.2, 0) is 9.53 Å². The number of amides is 3. The van der Waals surface area contributed by atoms with Gasteiger partial charge in [0, 0.05) is 12.2 Å². The molecule has 0 saturated heterocycles. The SMILES string of the molecule is C[C@H](OC(=O)c1cnc(Cl)c(Cl)c1)C(=O)NC(=O)NC1CCCCC1. The second-order valence-corrected chi connectivity index (χ2v) is 6.61. The molecule has 1 aromatic rings. The summed E-state index contributed by atoms with van der Waals surface area (Å²) in [5.74, 6) is -1.50. The highest BCUT2D eigenvalue weighted by Gasteiger charge is 2.23. The van der Waals surface area contributed by atoms with Crippen molar-refractivity contribution in [1.82, 2.24) is 15.6 Å². The molecule has 0 aromatic carbocycles. The van der Waals surface area contributed by atoms with E-state index in [4.69, 9.17) is 27.9 Å². The van der Waals surface area contributed by atoms with Gasteiger partial charge in [-0.3, -0.25) is 10.1 Å². The molecule has 1 aromatic heterocycles. The monoisotopic (exact) mass is 387 g/mol. The zero-order valence-corrected chi connectivity index (χ0v) is 15.2. The van der Waals surface area contributed by atoms with Gasteiger partial charge in [-0.2, -0.15) is 0 Å². The molecule has 0 unspecified atom stereocenters. The standard InChI is InChI=1S/C16H19Cl2N3O4/c1-9(25-15(23)10-7-12(17)13(18)19-8-10)14(22)21-16(24)20-11-5-3-2-4-6-11/h7-9,11H,2-6H2,1H3,(H2,20,21,22,24)/t9-/m0/s1. The van der Waals surface area contributed by atoms with E-state index in [9.17, 15) is 14.4 Å². The number of esters is 1. The minimum atomic E-state index is -1.15. The van der Waals surface area contributed by atoms with E-state index in [-0.39, 0.29) is 21.8 Å². The van der Waals surface area contributed by atoms with Gasteiger partial charge >= 0.3 is 12.0 Å². The Morgan fingerprint density at radius 1 is 1.24 bits per heavy atom. The molecular formula is C16H19Cl2N3O4. The van der Waals surface area contributed by atoms with Gasteiger partial charge in [-0.25, -0.2) is 14.6 Å². The maximum atomic E-state index is 12.0. The van der Waals surface area contributed by atoms with E-state index in [1.807, 2.05) is 0 Å². The Balaban J connectivity index is 1.83. The number of aromatic nitrogens is 1. The highest BCUT2D eigenvalue weighted by molar-refractivity contribution is 6.41. The summed E-state index contributed by atoms with van der Waals surface area (Å²) in [5, 5.41) is 5.08. The second-order valence-electron chi connectivity index (χ2n) is 5.84. The molecule has 1 saturated carbocycles. The Morgan fingerprint density at radius 3 is 2.56 bits per heavy atom. The van der Waals surface area contributed by atoms with Gasteiger partial charge in [0.1, 0.15) is 5.15 Å². The van der Waals surface area contributed by atoms with Crippen LogP contribution in [0.1, 0.15) is 49.4 Å². The number of hydrogen-bond acceptors (Lipinski definition) is 5. The third kappa shape index (κ3) is 5.86. The van der Waals surface area contributed by atoms with Gasteiger partial charge in [0.25, 0.3) is 5.91 Å². The number of urea groups is 1. The molecule has 25 heavy (non-hydrogen) atoms. The van der Waals surface area contributed by atoms with E-state index >= 15 is 0 Å². The normalized spacial score (nSPS) is 16.0. The average Bonchev–Trinajstić information content (AvgIpc) is 2.57. The first-order valence-corrected chi connectivity index (χ1v) is 8.76. The Morgan fingerprint density at radius 2 is 1.92 bits per heavy atom. The molecular weight excluding hydrogens is 369 g/mol. The maximum Gasteiger partial charge on any atom is 0.340 e. The molecule has 0 aliphatic heterocycles. The van der Waals surface area contributed by atoms with Crippen LogP contribution in [0.3, 0.4) is 0 Å². The molecule has 7 nitrogen and oxygen atoms in total. The summed E-state index contributed by atoms with van der Waals surface area (Å²) in [4.78, 5) is 39.5. The Kier molecular flexibility index (Phi) is 7.01. The number of carbonyl (C=O) groups excluding carboxylic acids is 3. The van der Waals surface area contributed by atoms with E-state index in [0.717, 1.165) is 32.1 Å². The maximum absolute atomic E-state index is 12.0. The first-order chi connectivity index (χ1) is 11.9. The fraction of sp³-hybridized carbons (Fsp3) is 0.500. The van der Waals surface area contributed by atoms with Crippen LogP contribution in [-0.4, -0.2) is 35.0 Å². The van der Waals surface area contributed by atoms with Crippen molar-refractivity contribution in [3.8, 4) is 0 Å². The topological polar surface area (TPSA) is 97.4 Å². The molecule has 136 valence electrons.